The lowest BCUT2D eigenvalue weighted by Crippen LogP contribution is -2.45. The second-order valence-corrected chi connectivity index (χ2v) is 7.01. The fraction of sp³-hybridized carbons (Fsp3) is 0.240. The van der Waals surface area contributed by atoms with Gasteiger partial charge in [-0.15, -0.1) is 6.58 Å². The number of allylic oxidation sites excluding steroid dienone is 1. The van der Waals surface area contributed by atoms with Crippen LogP contribution in [0.5, 0.6) is 0 Å². The van der Waals surface area contributed by atoms with Crippen molar-refractivity contribution in [2.75, 3.05) is 5.73 Å². The molecule has 0 saturated carbocycles. The molecule has 0 bridgehead atoms. The molecule has 0 amide bonds. The minimum absolute atomic E-state index is 0.0389. The molecule has 0 radical (unpaired) electrons. The van der Waals surface area contributed by atoms with Gasteiger partial charge < -0.3 is 11.6 Å². The number of hydrogen-bond acceptors (Lipinski definition) is 6. The van der Waals surface area contributed by atoms with E-state index in [0.29, 0.717) is 12.1 Å². The van der Waals surface area contributed by atoms with E-state index in [1.54, 1.807) is 29.2 Å². The van der Waals surface area contributed by atoms with Crippen LogP contribution in [0, 0.1) is 0 Å². The molecule has 0 aliphatic carbocycles. The first-order chi connectivity index (χ1) is 16.9. The quantitative estimate of drug-likeness (QED) is 0.152. The van der Waals surface area contributed by atoms with Crippen molar-refractivity contribution in [3.63, 3.8) is 0 Å². The summed E-state index contributed by atoms with van der Waals surface area (Å²) in [6, 6.07) is 10.4. The second-order valence-electron chi connectivity index (χ2n) is 7.01. The zero-order chi connectivity index (χ0) is 26.4. The van der Waals surface area contributed by atoms with E-state index in [4.69, 9.17) is 17.4 Å². The molecule has 3 rings (SSSR count). The van der Waals surface area contributed by atoms with Crippen molar-refractivity contribution >= 4 is 11.7 Å². The molecule has 3 aromatic rings. The molecule has 35 heavy (non-hydrogen) atoms. The highest BCUT2D eigenvalue weighted by atomic mass is 19.2. The number of amidine groups is 1. The van der Waals surface area contributed by atoms with Crippen molar-refractivity contribution in [1.82, 2.24) is 19.8 Å². The Morgan fingerprint density at radius 1 is 1.23 bits per heavy atom. The minimum atomic E-state index is -1.14. The molecule has 2 heterocycles. The van der Waals surface area contributed by atoms with Gasteiger partial charge in [0, 0.05) is 23.5 Å². The van der Waals surface area contributed by atoms with Crippen LogP contribution in [0.15, 0.2) is 84.9 Å². The summed E-state index contributed by atoms with van der Waals surface area (Å²) in [6.45, 7) is 11.2. The van der Waals surface area contributed by atoms with Crippen LogP contribution in [-0.2, 0) is 6.54 Å². The van der Waals surface area contributed by atoms with E-state index in [1.807, 2.05) is 57.3 Å². The van der Waals surface area contributed by atoms with Crippen molar-refractivity contribution < 1.29 is 8.78 Å². The first-order valence-electron chi connectivity index (χ1n) is 11.0. The Hall–Kier alpha value is -4.05. The standard InChI is InChI=1S/C20H22F2N8.C3H6.C2H6/c1-13(18(22)8-21)30(25)20(28-24)17-7-15(9-26-19(17)23)16-10-27-29(12-16)11-14-5-3-2-4-6-14;1-3-2;1-2/h2-10,12-13H,11,24-25H2,1H3,(H2,23,26);3H,1H2,2H3;1-2H3/b18-8-,28-20-;;. The van der Waals surface area contributed by atoms with Crippen molar-refractivity contribution in [3.05, 3.63) is 90.9 Å². The van der Waals surface area contributed by atoms with E-state index < -0.39 is 11.9 Å². The fourth-order valence-corrected chi connectivity index (χ4v) is 2.86. The largest absolute Gasteiger partial charge is 0.383 e. The topological polar surface area (TPSA) is 124 Å². The van der Waals surface area contributed by atoms with E-state index >= 15 is 0 Å². The summed E-state index contributed by atoms with van der Waals surface area (Å²) >= 11 is 0. The third-order valence-electron chi connectivity index (χ3n) is 4.60. The highest BCUT2D eigenvalue weighted by Crippen LogP contribution is 2.24. The Morgan fingerprint density at radius 3 is 2.43 bits per heavy atom. The molecule has 0 fully saturated rings. The van der Waals surface area contributed by atoms with Gasteiger partial charge in [-0.05, 0) is 25.5 Å². The number of anilines is 1. The Bertz CT molecular complexity index is 1110. The van der Waals surface area contributed by atoms with Crippen molar-refractivity contribution in [3.8, 4) is 11.1 Å². The second kappa shape index (κ2) is 15.0. The maximum Gasteiger partial charge on any atom is 0.173 e. The number of rotatable bonds is 6. The molecule has 0 aliphatic heterocycles. The number of hydrogen-bond donors (Lipinski definition) is 3. The lowest BCUT2D eigenvalue weighted by atomic mass is 10.1. The van der Waals surface area contributed by atoms with Gasteiger partial charge in [-0.3, -0.25) is 9.69 Å². The lowest BCUT2D eigenvalue weighted by molar-refractivity contribution is 0.327. The normalized spacial score (nSPS) is 12.0. The average Bonchev–Trinajstić information content (AvgIpc) is 3.35. The van der Waals surface area contributed by atoms with Crippen molar-refractivity contribution in [1.29, 1.82) is 0 Å². The van der Waals surface area contributed by atoms with E-state index in [2.05, 4.69) is 21.8 Å². The maximum atomic E-state index is 13.6. The van der Waals surface area contributed by atoms with Gasteiger partial charge >= 0.3 is 0 Å². The molecule has 1 aromatic carbocycles. The highest BCUT2D eigenvalue weighted by Gasteiger charge is 2.23. The third-order valence-corrected chi connectivity index (χ3v) is 4.60. The van der Waals surface area contributed by atoms with Gasteiger partial charge in [-0.2, -0.15) is 10.2 Å². The number of halogens is 2. The molecule has 0 aliphatic rings. The molecule has 0 spiro atoms. The number of hydrazone groups is 1. The van der Waals surface area contributed by atoms with Gasteiger partial charge in [-0.25, -0.2) is 19.6 Å². The van der Waals surface area contributed by atoms with Gasteiger partial charge in [0.25, 0.3) is 0 Å². The molecule has 8 nitrogen and oxygen atoms in total. The molecule has 0 saturated heterocycles. The van der Waals surface area contributed by atoms with E-state index in [9.17, 15) is 8.78 Å². The van der Waals surface area contributed by atoms with Gasteiger partial charge in [0.2, 0.25) is 0 Å². The Kier molecular flexibility index (Phi) is 12.4. The maximum absolute atomic E-state index is 13.6. The van der Waals surface area contributed by atoms with Crippen LogP contribution in [0.1, 0.15) is 38.8 Å². The summed E-state index contributed by atoms with van der Waals surface area (Å²) in [5.41, 5.74) is 8.82. The molecular weight excluding hydrogens is 450 g/mol. The SMILES string of the molecule is C=CC.CC.CC(/C(F)=C/F)N(N)/C(=N\N)c1cc(-c2cnn(Cc3ccccc3)c2)cnc1N. The highest BCUT2D eigenvalue weighted by molar-refractivity contribution is 6.03. The van der Waals surface area contributed by atoms with Gasteiger partial charge in [0.15, 0.2) is 11.7 Å². The first-order valence-corrected chi connectivity index (χ1v) is 11.0. The van der Waals surface area contributed by atoms with E-state index in [0.717, 1.165) is 16.1 Å². The van der Waals surface area contributed by atoms with Crippen molar-refractivity contribution in [2.24, 2.45) is 16.8 Å². The van der Waals surface area contributed by atoms with Crippen LogP contribution in [-0.4, -0.2) is 31.7 Å². The number of aromatic nitrogens is 3. The van der Waals surface area contributed by atoms with Crippen LogP contribution >= 0.6 is 0 Å². The lowest BCUT2D eigenvalue weighted by Gasteiger charge is -2.26. The van der Waals surface area contributed by atoms with E-state index in [1.165, 1.54) is 6.92 Å². The van der Waals surface area contributed by atoms with Gasteiger partial charge in [-0.1, -0.05) is 50.3 Å². The summed E-state index contributed by atoms with van der Waals surface area (Å²) in [5, 5.41) is 8.87. The smallest absolute Gasteiger partial charge is 0.173 e. The van der Waals surface area contributed by atoms with Gasteiger partial charge in [0.1, 0.15) is 12.1 Å². The van der Waals surface area contributed by atoms with Gasteiger partial charge in [0.05, 0.1) is 24.3 Å². The number of pyridine rings is 1. The number of hydrazine groups is 1. The molecule has 10 heteroatoms. The zero-order valence-corrected chi connectivity index (χ0v) is 20.6. The summed E-state index contributed by atoms with van der Waals surface area (Å²) < 4.78 is 28.0. The van der Waals surface area contributed by atoms with Crippen LogP contribution in [0.3, 0.4) is 0 Å². The number of benzene rings is 1. The van der Waals surface area contributed by atoms with Crippen LogP contribution < -0.4 is 17.4 Å². The Morgan fingerprint density at radius 2 is 1.86 bits per heavy atom. The summed E-state index contributed by atoms with van der Waals surface area (Å²) in [5.74, 6) is 10.3. The molecule has 188 valence electrons. The number of nitrogens with two attached hydrogens (primary N) is 3. The Balaban J connectivity index is 0.00000114. The minimum Gasteiger partial charge on any atom is -0.383 e. The molecule has 6 N–H and O–H groups in total. The number of nitrogen functional groups attached to an aromatic ring is 1. The van der Waals surface area contributed by atoms with Crippen LogP contribution in [0.2, 0.25) is 0 Å². The van der Waals surface area contributed by atoms with Crippen LogP contribution in [0.4, 0.5) is 14.6 Å². The molecular formula is C25H34F2N8. The van der Waals surface area contributed by atoms with E-state index in [-0.39, 0.29) is 23.5 Å². The average molecular weight is 485 g/mol. The predicted octanol–water partition coefficient (Wildman–Crippen LogP) is 4.76. The Labute approximate surface area is 205 Å². The molecule has 1 unspecified atom stereocenters. The molecule has 1 atom stereocenters. The predicted molar refractivity (Wildman–Crippen MR) is 139 cm³/mol. The summed E-state index contributed by atoms with van der Waals surface area (Å²) in [6.07, 6.45) is 6.70. The summed E-state index contributed by atoms with van der Waals surface area (Å²) in [7, 11) is 0. The zero-order valence-electron chi connectivity index (χ0n) is 20.6. The van der Waals surface area contributed by atoms with Crippen molar-refractivity contribution in [2.45, 2.75) is 40.3 Å². The number of nitrogens with zero attached hydrogens (tertiary/aromatic N) is 5. The van der Waals surface area contributed by atoms with Crippen LogP contribution in [0.25, 0.3) is 11.1 Å². The first kappa shape index (κ1) is 29.0. The third kappa shape index (κ3) is 8.04. The molecule has 2 aromatic heterocycles. The monoisotopic (exact) mass is 484 g/mol. The fourth-order valence-electron chi connectivity index (χ4n) is 2.86. The summed E-state index contributed by atoms with van der Waals surface area (Å²) in [4.78, 5) is 4.16.